The lowest BCUT2D eigenvalue weighted by atomic mass is 10.2. The summed E-state index contributed by atoms with van der Waals surface area (Å²) in [7, 11) is 0. The minimum Gasteiger partial charge on any atom is -0.204 e. The Hall–Kier alpha value is -1.78. The maximum Gasteiger partial charge on any atom is 0.161 e. The van der Waals surface area contributed by atoms with Crippen molar-refractivity contribution >= 4 is 11.0 Å². The van der Waals surface area contributed by atoms with Crippen LogP contribution in [0.25, 0.3) is 11.0 Å². The number of rotatable bonds is 5. The summed E-state index contributed by atoms with van der Waals surface area (Å²) in [5.74, 6) is -1.78. The van der Waals surface area contributed by atoms with Crippen LogP contribution in [-0.4, -0.2) is 15.0 Å². The van der Waals surface area contributed by atoms with Gasteiger partial charge in [0.05, 0.1) is 6.54 Å². The molecule has 5 heteroatoms. The lowest BCUT2D eigenvalue weighted by Crippen LogP contribution is -2.01. The second-order valence-electron chi connectivity index (χ2n) is 3.84. The molecule has 0 aliphatic carbocycles. The van der Waals surface area contributed by atoms with Gasteiger partial charge in [-0.25, -0.2) is 8.78 Å². The number of fused-ring (bicyclic) bond motifs is 1. The third-order valence-corrected chi connectivity index (χ3v) is 2.48. The Morgan fingerprint density at radius 2 is 1.71 bits per heavy atom. The Bertz CT molecular complexity index is 495. The van der Waals surface area contributed by atoms with E-state index in [0.29, 0.717) is 17.6 Å². The summed E-state index contributed by atoms with van der Waals surface area (Å²) >= 11 is 0. The summed E-state index contributed by atoms with van der Waals surface area (Å²) in [5, 5.41) is 8.17. The lowest BCUT2D eigenvalue weighted by molar-refractivity contribution is 0.507. The van der Waals surface area contributed by atoms with Crippen molar-refractivity contribution in [2.75, 3.05) is 0 Å². The zero-order chi connectivity index (χ0) is 12.3. The molecule has 0 aliphatic heterocycles. The van der Waals surface area contributed by atoms with Gasteiger partial charge in [-0.2, -0.15) is 15.0 Å². The molecule has 0 aliphatic rings. The van der Waals surface area contributed by atoms with E-state index in [4.69, 9.17) is 0 Å². The number of aryl methyl sites for hydroxylation is 1. The molecule has 0 saturated heterocycles. The first-order chi connectivity index (χ1) is 8.20. The van der Waals surface area contributed by atoms with Gasteiger partial charge < -0.3 is 0 Å². The molecule has 0 unspecified atom stereocenters. The van der Waals surface area contributed by atoms with E-state index in [2.05, 4.69) is 16.8 Å². The van der Waals surface area contributed by atoms with Crippen molar-refractivity contribution in [1.29, 1.82) is 0 Å². The average molecular weight is 237 g/mol. The van der Waals surface area contributed by atoms with Crippen LogP contribution in [0.4, 0.5) is 8.78 Å². The molecule has 2 rings (SSSR count). The fraction of sp³-hybridized carbons (Fsp3) is 0.333. The maximum atomic E-state index is 12.9. The summed E-state index contributed by atoms with van der Waals surface area (Å²) in [6.07, 6.45) is 4.73. The molecule has 1 aromatic heterocycles. The summed E-state index contributed by atoms with van der Waals surface area (Å²) in [6, 6.07) is 2.13. The maximum absolute atomic E-state index is 12.9. The zero-order valence-corrected chi connectivity index (χ0v) is 9.37. The number of hydrogen-bond donors (Lipinski definition) is 0. The van der Waals surface area contributed by atoms with Crippen molar-refractivity contribution in [1.82, 2.24) is 15.0 Å². The molecule has 0 atom stereocenters. The second kappa shape index (κ2) is 5.03. The molecule has 0 fully saturated rings. The molecule has 17 heavy (non-hydrogen) atoms. The molecular weight excluding hydrogens is 224 g/mol. The fourth-order valence-corrected chi connectivity index (χ4v) is 1.60. The molecule has 1 heterocycles. The van der Waals surface area contributed by atoms with E-state index in [1.807, 2.05) is 6.08 Å². The quantitative estimate of drug-likeness (QED) is 0.591. The van der Waals surface area contributed by atoms with Crippen molar-refractivity contribution < 1.29 is 8.78 Å². The van der Waals surface area contributed by atoms with Crippen molar-refractivity contribution in [2.45, 2.75) is 25.8 Å². The van der Waals surface area contributed by atoms with Gasteiger partial charge in [-0.1, -0.05) is 6.08 Å². The van der Waals surface area contributed by atoms with Gasteiger partial charge in [-0.3, -0.25) is 0 Å². The predicted octanol–water partition coefficient (Wildman–Crippen LogP) is 3.07. The van der Waals surface area contributed by atoms with E-state index < -0.39 is 11.6 Å². The van der Waals surface area contributed by atoms with Gasteiger partial charge in [-0.05, 0) is 19.3 Å². The van der Waals surface area contributed by atoms with E-state index in [-0.39, 0.29) is 0 Å². The van der Waals surface area contributed by atoms with Crippen molar-refractivity contribution in [2.24, 2.45) is 0 Å². The molecule has 0 amide bonds. The summed E-state index contributed by atoms with van der Waals surface area (Å²) in [5.41, 5.74) is 0.764. The fourth-order valence-electron chi connectivity index (χ4n) is 1.60. The van der Waals surface area contributed by atoms with Crippen LogP contribution in [0.2, 0.25) is 0 Å². The van der Waals surface area contributed by atoms with E-state index in [9.17, 15) is 8.78 Å². The molecule has 0 saturated carbocycles. The van der Waals surface area contributed by atoms with Crippen LogP contribution in [0, 0.1) is 11.6 Å². The SMILES string of the molecule is C=CCCCCn1nc2cc(F)c(F)cc2n1. The molecular formula is C12H13F2N3. The first-order valence-electron chi connectivity index (χ1n) is 5.51. The highest BCUT2D eigenvalue weighted by Crippen LogP contribution is 2.14. The van der Waals surface area contributed by atoms with Gasteiger partial charge in [0.1, 0.15) is 11.0 Å². The van der Waals surface area contributed by atoms with Crippen LogP contribution in [0.3, 0.4) is 0 Å². The number of aromatic nitrogens is 3. The predicted molar refractivity (Wildman–Crippen MR) is 61.5 cm³/mol. The Morgan fingerprint density at radius 3 is 2.24 bits per heavy atom. The molecule has 0 N–H and O–H groups in total. The molecule has 0 radical (unpaired) electrons. The second-order valence-corrected chi connectivity index (χ2v) is 3.84. The molecule has 0 spiro atoms. The normalized spacial score (nSPS) is 10.9. The minimum absolute atomic E-state index is 0.382. The van der Waals surface area contributed by atoms with Gasteiger partial charge in [0, 0.05) is 12.1 Å². The summed E-state index contributed by atoms with van der Waals surface area (Å²) < 4.78 is 25.9. The smallest absolute Gasteiger partial charge is 0.161 e. The van der Waals surface area contributed by atoms with Gasteiger partial charge in [0.15, 0.2) is 11.6 Å². The summed E-state index contributed by atoms with van der Waals surface area (Å²) in [6.45, 7) is 4.28. The van der Waals surface area contributed by atoms with Gasteiger partial charge in [0.25, 0.3) is 0 Å². The zero-order valence-electron chi connectivity index (χ0n) is 9.37. The third-order valence-electron chi connectivity index (χ3n) is 2.48. The third kappa shape index (κ3) is 2.67. The minimum atomic E-state index is -0.892. The van der Waals surface area contributed by atoms with Gasteiger partial charge >= 0.3 is 0 Å². The number of allylic oxidation sites excluding steroid dienone is 1. The highest BCUT2D eigenvalue weighted by molar-refractivity contribution is 5.73. The van der Waals surface area contributed by atoms with Crippen LogP contribution < -0.4 is 0 Å². The average Bonchev–Trinajstić information content (AvgIpc) is 2.67. The van der Waals surface area contributed by atoms with E-state index in [1.54, 1.807) is 0 Å². The molecule has 3 nitrogen and oxygen atoms in total. The van der Waals surface area contributed by atoms with Crippen LogP contribution in [0.1, 0.15) is 19.3 Å². The highest BCUT2D eigenvalue weighted by atomic mass is 19.2. The molecule has 0 bridgehead atoms. The van der Waals surface area contributed by atoms with Crippen molar-refractivity contribution in [3.63, 3.8) is 0 Å². The number of halogens is 2. The van der Waals surface area contributed by atoms with Crippen molar-refractivity contribution in [3.05, 3.63) is 36.4 Å². The number of benzene rings is 1. The van der Waals surface area contributed by atoms with E-state index in [0.717, 1.165) is 31.4 Å². The first-order valence-corrected chi connectivity index (χ1v) is 5.51. The Balaban J connectivity index is 2.12. The molecule has 2 aromatic rings. The van der Waals surface area contributed by atoms with Gasteiger partial charge in [-0.15, -0.1) is 6.58 Å². The molecule has 90 valence electrons. The van der Waals surface area contributed by atoms with Crippen molar-refractivity contribution in [3.8, 4) is 0 Å². The number of hydrogen-bond acceptors (Lipinski definition) is 2. The van der Waals surface area contributed by atoms with E-state index in [1.165, 1.54) is 4.80 Å². The largest absolute Gasteiger partial charge is 0.204 e. The highest BCUT2D eigenvalue weighted by Gasteiger charge is 2.08. The number of nitrogens with zero attached hydrogens (tertiary/aromatic N) is 3. The lowest BCUT2D eigenvalue weighted by Gasteiger charge is -1.96. The Kier molecular flexibility index (Phi) is 3.46. The van der Waals surface area contributed by atoms with Crippen LogP contribution in [0.5, 0.6) is 0 Å². The Morgan fingerprint density at radius 1 is 1.12 bits per heavy atom. The first kappa shape index (κ1) is 11.7. The van der Waals surface area contributed by atoms with E-state index >= 15 is 0 Å². The monoisotopic (exact) mass is 237 g/mol. The van der Waals surface area contributed by atoms with Crippen LogP contribution >= 0.6 is 0 Å². The van der Waals surface area contributed by atoms with Crippen LogP contribution in [-0.2, 0) is 6.54 Å². The molecule has 1 aromatic carbocycles. The number of unbranched alkanes of at least 4 members (excludes halogenated alkanes) is 2. The Labute approximate surface area is 97.7 Å². The van der Waals surface area contributed by atoms with Gasteiger partial charge in [0.2, 0.25) is 0 Å². The van der Waals surface area contributed by atoms with Crippen LogP contribution in [0.15, 0.2) is 24.8 Å². The topological polar surface area (TPSA) is 30.7 Å². The summed E-state index contributed by atoms with van der Waals surface area (Å²) in [4.78, 5) is 1.48. The standard InChI is InChI=1S/C12H13F2N3/c1-2-3-4-5-6-17-15-11-7-9(13)10(14)8-12(11)16-17/h2,7-8H,1,3-6H2.